The molecule has 0 bridgehead atoms. The first-order valence-corrected chi connectivity index (χ1v) is 26.8. The van der Waals surface area contributed by atoms with Crippen molar-refractivity contribution in [2.24, 2.45) is 0 Å². The molecule has 0 aromatic rings. The summed E-state index contributed by atoms with van der Waals surface area (Å²) in [7, 11) is 0. The minimum Gasteiger partial charge on any atom is -0.462 e. The van der Waals surface area contributed by atoms with Gasteiger partial charge in [0, 0.05) is 19.3 Å². The van der Waals surface area contributed by atoms with Gasteiger partial charge in [-0.3, -0.25) is 14.4 Å². The van der Waals surface area contributed by atoms with E-state index in [1.807, 2.05) is 36.5 Å². The molecule has 0 aliphatic carbocycles. The van der Waals surface area contributed by atoms with Gasteiger partial charge in [-0.25, -0.2) is 0 Å². The minimum absolute atomic E-state index is 0.101. The van der Waals surface area contributed by atoms with Crippen molar-refractivity contribution < 1.29 is 28.6 Å². The molecule has 65 heavy (non-hydrogen) atoms. The van der Waals surface area contributed by atoms with E-state index in [1.165, 1.54) is 89.9 Å². The molecule has 0 fully saturated rings. The molecule has 0 aliphatic heterocycles. The molecule has 0 aromatic heterocycles. The fraction of sp³-hybridized carbons (Fsp3) is 0.678. The van der Waals surface area contributed by atoms with Crippen LogP contribution in [0.2, 0.25) is 0 Å². The molecule has 1 unspecified atom stereocenters. The molecule has 6 nitrogen and oxygen atoms in total. The molecular weight excluding hydrogens is 805 g/mol. The Morgan fingerprint density at radius 3 is 1.15 bits per heavy atom. The summed E-state index contributed by atoms with van der Waals surface area (Å²) < 4.78 is 16.8. The smallest absolute Gasteiger partial charge is 0.306 e. The van der Waals surface area contributed by atoms with Crippen molar-refractivity contribution in [2.75, 3.05) is 13.2 Å². The molecular formula is C59H98O6. The average molecular weight is 903 g/mol. The van der Waals surface area contributed by atoms with E-state index in [4.69, 9.17) is 14.2 Å². The number of ether oxygens (including phenoxy) is 3. The predicted molar refractivity (Wildman–Crippen MR) is 279 cm³/mol. The third kappa shape index (κ3) is 51.2. The van der Waals surface area contributed by atoms with Crippen LogP contribution in [0.15, 0.2) is 97.2 Å². The van der Waals surface area contributed by atoms with Gasteiger partial charge < -0.3 is 14.2 Å². The number of unbranched alkanes of at least 4 members (excludes halogenated alkanes) is 23. The molecule has 1 atom stereocenters. The summed E-state index contributed by atoms with van der Waals surface area (Å²) in [4.78, 5) is 38.0. The lowest BCUT2D eigenvalue weighted by atomic mass is 10.1. The SMILES string of the molecule is CC/C=C/C=C/C=C/C=C/CCCCCC(=O)OCC(COC(=O)CCCCCCC/C=C/CCCCCCCCCCC)OC(=O)CCCCCCCC/C=C/C/C=C/C/C=C/CC. The van der Waals surface area contributed by atoms with Crippen molar-refractivity contribution in [3.63, 3.8) is 0 Å². The van der Waals surface area contributed by atoms with Gasteiger partial charge in [0.15, 0.2) is 6.10 Å². The summed E-state index contributed by atoms with van der Waals surface area (Å²) in [6.07, 6.45) is 69.7. The summed E-state index contributed by atoms with van der Waals surface area (Å²) in [5, 5.41) is 0. The number of carbonyl (C=O) groups excluding carboxylic acids is 3. The molecule has 0 aliphatic rings. The molecule has 0 spiro atoms. The topological polar surface area (TPSA) is 78.9 Å². The predicted octanol–water partition coefficient (Wildman–Crippen LogP) is 17.8. The van der Waals surface area contributed by atoms with Gasteiger partial charge in [0.25, 0.3) is 0 Å². The maximum Gasteiger partial charge on any atom is 0.306 e. The van der Waals surface area contributed by atoms with Crippen molar-refractivity contribution in [1.82, 2.24) is 0 Å². The summed E-state index contributed by atoms with van der Waals surface area (Å²) in [6.45, 7) is 6.33. The molecule has 6 heteroatoms. The lowest BCUT2D eigenvalue weighted by molar-refractivity contribution is -0.167. The van der Waals surface area contributed by atoms with Crippen LogP contribution in [-0.4, -0.2) is 37.2 Å². The lowest BCUT2D eigenvalue weighted by Gasteiger charge is -2.18. The van der Waals surface area contributed by atoms with Gasteiger partial charge in [-0.2, -0.15) is 0 Å². The third-order valence-corrected chi connectivity index (χ3v) is 11.1. The zero-order chi connectivity index (χ0) is 47.2. The largest absolute Gasteiger partial charge is 0.462 e. The highest BCUT2D eigenvalue weighted by atomic mass is 16.6. The van der Waals surface area contributed by atoms with E-state index in [0.717, 1.165) is 109 Å². The van der Waals surface area contributed by atoms with Gasteiger partial charge in [-0.05, 0) is 96.3 Å². The second-order valence-electron chi connectivity index (χ2n) is 17.5. The summed E-state index contributed by atoms with van der Waals surface area (Å²) in [5.41, 5.74) is 0. The first kappa shape index (κ1) is 61.3. The van der Waals surface area contributed by atoms with Crippen molar-refractivity contribution in [3.8, 4) is 0 Å². The average Bonchev–Trinajstić information content (AvgIpc) is 3.30. The molecule has 0 aromatic carbocycles. The van der Waals surface area contributed by atoms with Crippen molar-refractivity contribution in [3.05, 3.63) is 97.2 Å². The highest BCUT2D eigenvalue weighted by Crippen LogP contribution is 2.14. The number of rotatable bonds is 47. The Morgan fingerprint density at radius 1 is 0.338 bits per heavy atom. The van der Waals surface area contributed by atoms with Crippen molar-refractivity contribution >= 4 is 17.9 Å². The summed E-state index contributed by atoms with van der Waals surface area (Å²) >= 11 is 0. The Kier molecular flexibility index (Phi) is 50.0. The number of allylic oxidation sites excluding steroid dienone is 16. The Bertz CT molecular complexity index is 1310. The van der Waals surface area contributed by atoms with Crippen LogP contribution in [0.3, 0.4) is 0 Å². The monoisotopic (exact) mass is 903 g/mol. The molecule has 0 rings (SSSR count). The molecule has 0 N–H and O–H groups in total. The zero-order valence-corrected chi connectivity index (χ0v) is 42.2. The molecule has 0 heterocycles. The van der Waals surface area contributed by atoms with Crippen LogP contribution in [0.4, 0.5) is 0 Å². The molecule has 0 saturated heterocycles. The first-order valence-electron chi connectivity index (χ1n) is 26.8. The van der Waals surface area contributed by atoms with Gasteiger partial charge in [0.2, 0.25) is 0 Å². The Morgan fingerprint density at radius 2 is 0.677 bits per heavy atom. The van der Waals surface area contributed by atoms with Gasteiger partial charge in [0.1, 0.15) is 13.2 Å². The van der Waals surface area contributed by atoms with Gasteiger partial charge in [-0.15, -0.1) is 0 Å². The van der Waals surface area contributed by atoms with Gasteiger partial charge in [0.05, 0.1) is 0 Å². The van der Waals surface area contributed by atoms with Crippen molar-refractivity contribution in [1.29, 1.82) is 0 Å². The van der Waals surface area contributed by atoms with E-state index in [2.05, 4.69) is 81.5 Å². The number of esters is 3. The van der Waals surface area contributed by atoms with E-state index >= 15 is 0 Å². The van der Waals surface area contributed by atoms with Crippen LogP contribution in [0.1, 0.15) is 239 Å². The van der Waals surface area contributed by atoms with Crippen LogP contribution < -0.4 is 0 Å². The van der Waals surface area contributed by atoms with Crippen LogP contribution in [0.25, 0.3) is 0 Å². The summed E-state index contributed by atoms with van der Waals surface area (Å²) in [6, 6.07) is 0. The van der Waals surface area contributed by atoms with Gasteiger partial charge in [-0.1, -0.05) is 221 Å². The highest BCUT2D eigenvalue weighted by Gasteiger charge is 2.19. The maximum atomic E-state index is 12.8. The summed E-state index contributed by atoms with van der Waals surface area (Å²) in [5.74, 6) is -0.963. The van der Waals surface area contributed by atoms with Crippen molar-refractivity contribution in [2.45, 2.75) is 245 Å². The fourth-order valence-electron chi connectivity index (χ4n) is 7.17. The molecule has 0 amide bonds. The third-order valence-electron chi connectivity index (χ3n) is 11.1. The van der Waals surface area contributed by atoms with Crippen LogP contribution in [0, 0.1) is 0 Å². The lowest BCUT2D eigenvalue weighted by Crippen LogP contribution is -2.30. The number of hydrogen-bond donors (Lipinski definition) is 0. The van der Waals surface area contributed by atoms with E-state index < -0.39 is 6.10 Å². The zero-order valence-electron chi connectivity index (χ0n) is 42.2. The van der Waals surface area contributed by atoms with Crippen LogP contribution >= 0.6 is 0 Å². The Labute approximate surface area is 400 Å². The quantitative estimate of drug-likeness (QED) is 0.0199. The second-order valence-corrected chi connectivity index (χ2v) is 17.5. The highest BCUT2D eigenvalue weighted by molar-refractivity contribution is 5.71. The van der Waals surface area contributed by atoms with E-state index in [0.29, 0.717) is 19.3 Å². The molecule has 0 radical (unpaired) electrons. The first-order chi connectivity index (χ1) is 32.0. The van der Waals surface area contributed by atoms with Crippen LogP contribution in [0.5, 0.6) is 0 Å². The van der Waals surface area contributed by atoms with E-state index in [9.17, 15) is 14.4 Å². The maximum absolute atomic E-state index is 12.8. The number of carbonyl (C=O) groups is 3. The van der Waals surface area contributed by atoms with E-state index in [1.54, 1.807) is 0 Å². The fourth-order valence-corrected chi connectivity index (χ4v) is 7.17. The Balaban J connectivity index is 4.45. The molecule has 0 saturated carbocycles. The Hall–Kier alpha value is -3.67. The van der Waals surface area contributed by atoms with E-state index in [-0.39, 0.29) is 31.1 Å². The minimum atomic E-state index is -0.805. The van der Waals surface area contributed by atoms with Gasteiger partial charge >= 0.3 is 17.9 Å². The standard InChI is InChI=1S/C59H98O6/c1-4-7-10-13-16-19-22-25-27-29-30-32-34-37-40-43-46-49-52-58(61)64-55-56(54-63-57(60)51-48-45-42-39-36-33-24-21-18-15-12-9-6-3)65-59(62)53-50-47-44-41-38-35-31-28-26-23-20-17-14-11-8-5-2/h8-9,11-12,15,17-18,20-21,24,26,28,30,32-33,36,56H,4-7,10,13-14,16,19,22-23,25,27,29,31,34-35,37-55H2,1-3H3/b11-8+,12-9+,18-15+,20-17+,24-21+,28-26+,32-30+,36-33+. The van der Waals surface area contributed by atoms with Crippen LogP contribution in [-0.2, 0) is 28.6 Å². The normalized spacial score (nSPS) is 12.8. The molecule has 370 valence electrons. The number of hydrogen-bond acceptors (Lipinski definition) is 6. The second kappa shape index (κ2) is 52.9.